The Balaban J connectivity index is 0.000000771. The van der Waals surface area contributed by atoms with Crippen molar-refractivity contribution in [2.45, 2.75) is 13.8 Å². The van der Waals surface area contributed by atoms with Crippen LogP contribution in [0.1, 0.15) is 24.2 Å². The summed E-state index contributed by atoms with van der Waals surface area (Å²) in [7, 11) is 1.24. The normalized spacial score (nSPS) is 9.50. The third kappa shape index (κ3) is 2.53. The third-order valence-corrected chi connectivity index (χ3v) is 2.38. The highest BCUT2D eigenvalue weighted by Crippen LogP contribution is 2.30. The van der Waals surface area contributed by atoms with Crippen molar-refractivity contribution in [3.8, 4) is 11.5 Å². The molecule has 0 bridgehead atoms. The number of carbonyl (C=O) groups is 1. The molecule has 0 saturated heterocycles. The lowest BCUT2D eigenvalue weighted by Crippen LogP contribution is -2.01. The van der Waals surface area contributed by atoms with Crippen molar-refractivity contribution in [2.24, 2.45) is 0 Å². The van der Waals surface area contributed by atoms with Gasteiger partial charge in [-0.2, -0.15) is 0 Å². The van der Waals surface area contributed by atoms with E-state index in [1.54, 1.807) is 12.1 Å². The van der Waals surface area contributed by atoms with Gasteiger partial charge in [0.25, 0.3) is 0 Å². The van der Waals surface area contributed by atoms with Crippen LogP contribution in [-0.2, 0) is 4.74 Å². The van der Waals surface area contributed by atoms with Crippen LogP contribution < -0.4 is 0 Å². The molecular weight excluding hydrogens is 232 g/mol. The van der Waals surface area contributed by atoms with Gasteiger partial charge in [0.2, 0.25) is 0 Å². The SMILES string of the molecule is CC.COC(=O)c1cc2cccc(O)c2cc1O. The fraction of sp³-hybridized carbons (Fsp3) is 0.214. The van der Waals surface area contributed by atoms with E-state index in [1.807, 2.05) is 13.8 Å². The smallest absolute Gasteiger partial charge is 0.341 e. The van der Waals surface area contributed by atoms with Gasteiger partial charge in [0, 0.05) is 5.39 Å². The Labute approximate surface area is 105 Å². The molecule has 0 unspecified atom stereocenters. The van der Waals surface area contributed by atoms with E-state index in [0.717, 1.165) is 0 Å². The summed E-state index contributed by atoms with van der Waals surface area (Å²) < 4.78 is 4.53. The highest BCUT2D eigenvalue weighted by atomic mass is 16.5. The molecule has 0 radical (unpaired) electrons. The highest BCUT2D eigenvalue weighted by Gasteiger charge is 2.13. The lowest BCUT2D eigenvalue weighted by molar-refractivity contribution is 0.0597. The van der Waals surface area contributed by atoms with Crippen LogP contribution in [0.3, 0.4) is 0 Å². The number of ether oxygens (including phenoxy) is 1. The minimum atomic E-state index is -0.609. The number of rotatable bonds is 1. The number of benzene rings is 2. The number of methoxy groups -OCH3 is 1. The van der Waals surface area contributed by atoms with E-state index in [1.165, 1.54) is 25.3 Å². The van der Waals surface area contributed by atoms with Gasteiger partial charge < -0.3 is 14.9 Å². The van der Waals surface area contributed by atoms with Gasteiger partial charge in [0.15, 0.2) is 0 Å². The van der Waals surface area contributed by atoms with Gasteiger partial charge in [-0.3, -0.25) is 0 Å². The second-order valence-electron chi connectivity index (χ2n) is 3.36. The maximum Gasteiger partial charge on any atom is 0.341 e. The predicted molar refractivity (Wildman–Crippen MR) is 70.0 cm³/mol. The van der Waals surface area contributed by atoms with Gasteiger partial charge in [-0.25, -0.2) is 4.79 Å². The first-order valence-electron chi connectivity index (χ1n) is 5.66. The largest absolute Gasteiger partial charge is 0.507 e. The molecule has 2 N–H and O–H groups in total. The van der Waals surface area contributed by atoms with E-state index < -0.39 is 5.97 Å². The molecule has 0 aliphatic heterocycles. The minimum absolute atomic E-state index is 0.0595. The number of hydrogen-bond donors (Lipinski definition) is 2. The molecule has 0 aliphatic rings. The van der Waals surface area contributed by atoms with Crippen molar-refractivity contribution in [3.05, 3.63) is 35.9 Å². The lowest BCUT2D eigenvalue weighted by atomic mass is 10.1. The summed E-state index contributed by atoms with van der Waals surface area (Å²) in [5, 5.41) is 20.3. The van der Waals surface area contributed by atoms with E-state index in [2.05, 4.69) is 4.74 Å². The van der Waals surface area contributed by atoms with Crippen LogP contribution in [-0.4, -0.2) is 23.3 Å². The Morgan fingerprint density at radius 3 is 2.39 bits per heavy atom. The van der Waals surface area contributed by atoms with Gasteiger partial charge >= 0.3 is 5.97 Å². The fourth-order valence-corrected chi connectivity index (χ4v) is 1.57. The third-order valence-electron chi connectivity index (χ3n) is 2.38. The number of esters is 1. The van der Waals surface area contributed by atoms with Gasteiger partial charge in [0.1, 0.15) is 17.1 Å². The number of carbonyl (C=O) groups excluding carboxylic acids is 1. The molecule has 2 aromatic carbocycles. The maximum atomic E-state index is 11.3. The molecule has 4 nitrogen and oxygen atoms in total. The van der Waals surface area contributed by atoms with Crippen molar-refractivity contribution in [1.82, 2.24) is 0 Å². The molecule has 2 rings (SSSR count). The van der Waals surface area contributed by atoms with Crippen LogP contribution in [0.25, 0.3) is 10.8 Å². The van der Waals surface area contributed by atoms with Crippen LogP contribution in [0, 0.1) is 0 Å². The molecule has 18 heavy (non-hydrogen) atoms. The Kier molecular flexibility index (Phi) is 4.54. The van der Waals surface area contributed by atoms with Crippen LogP contribution in [0.5, 0.6) is 11.5 Å². The molecule has 0 spiro atoms. The number of hydrogen-bond acceptors (Lipinski definition) is 4. The number of fused-ring (bicyclic) bond motifs is 1. The van der Waals surface area contributed by atoms with Crippen LogP contribution in [0.2, 0.25) is 0 Å². The van der Waals surface area contributed by atoms with Crippen LogP contribution in [0.15, 0.2) is 30.3 Å². The first-order valence-corrected chi connectivity index (χ1v) is 5.66. The van der Waals surface area contributed by atoms with Crippen molar-refractivity contribution >= 4 is 16.7 Å². The second-order valence-corrected chi connectivity index (χ2v) is 3.36. The molecule has 0 atom stereocenters. The van der Waals surface area contributed by atoms with Crippen molar-refractivity contribution < 1.29 is 19.7 Å². The highest BCUT2D eigenvalue weighted by molar-refractivity contribution is 6.00. The average Bonchev–Trinajstić information content (AvgIpc) is 2.41. The number of phenols is 2. The molecule has 0 aromatic heterocycles. The van der Waals surface area contributed by atoms with Crippen molar-refractivity contribution in [2.75, 3.05) is 7.11 Å². The van der Waals surface area contributed by atoms with Crippen LogP contribution >= 0.6 is 0 Å². The predicted octanol–water partition coefficient (Wildman–Crippen LogP) is 3.06. The topological polar surface area (TPSA) is 66.8 Å². The molecule has 2 aromatic rings. The monoisotopic (exact) mass is 248 g/mol. The average molecular weight is 248 g/mol. The summed E-state index contributed by atoms with van der Waals surface area (Å²) in [6.07, 6.45) is 0. The van der Waals surface area contributed by atoms with E-state index in [9.17, 15) is 15.0 Å². The van der Waals surface area contributed by atoms with E-state index in [-0.39, 0.29) is 17.1 Å². The van der Waals surface area contributed by atoms with Crippen molar-refractivity contribution in [1.29, 1.82) is 0 Å². The second kappa shape index (κ2) is 5.91. The molecule has 0 saturated carbocycles. The Morgan fingerprint density at radius 2 is 1.78 bits per heavy atom. The quantitative estimate of drug-likeness (QED) is 0.761. The standard InChI is InChI=1S/C12H10O4.C2H6/c1-16-12(15)9-5-7-3-2-4-10(13)8(7)6-11(9)14;1-2/h2-6,13-14H,1H3;1-2H3. The summed E-state index contributed by atoms with van der Waals surface area (Å²) in [4.78, 5) is 11.3. The number of phenolic OH excluding ortho intramolecular Hbond substituents is 2. The van der Waals surface area contributed by atoms with Gasteiger partial charge in [-0.15, -0.1) is 0 Å². The zero-order chi connectivity index (χ0) is 13.7. The maximum absolute atomic E-state index is 11.3. The first-order chi connectivity index (χ1) is 8.63. The Morgan fingerprint density at radius 1 is 1.11 bits per heavy atom. The summed E-state index contributed by atoms with van der Waals surface area (Å²) >= 11 is 0. The zero-order valence-corrected chi connectivity index (χ0v) is 10.6. The molecule has 0 aliphatic carbocycles. The molecule has 0 fully saturated rings. The molecule has 0 amide bonds. The summed E-state index contributed by atoms with van der Waals surface area (Å²) in [6.45, 7) is 4.00. The molecular formula is C14H16O4. The Bertz CT molecular complexity index is 561. The van der Waals surface area contributed by atoms with Gasteiger partial charge in [-0.1, -0.05) is 26.0 Å². The molecule has 96 valence electrons. The first kappa shape index (κ1) is 13.8. The van der Waals surface area contributed by atoms with Crippen LogP contribution in [0.4, 0.5) is 0 Å². The Hall–Kier alpha value is -2.23. The summed E-state index contributed by atoms with van der Waals surface area (Å²) in [6, 6.07) is 7.74. The van der Waals surface area contributed by atoms with E-state index in [0.29, 0.717) is 10.8 Å². The van der Waals surface area contributed by atoms with Gasteiger partial charge in [-0.05, 0) is 23.6 Å². The van der Waals surface area contributed by atoms with E-state index >= 15 is 0 Å². The minimum Gasteiger partial charge on any atom is -0.507 e. The lowest BCUT2D eigenvalue weighted by Gasteiger charge is -2.06. The number of aromatic hydroxyl groups is 2. The summed E-state index contributed by atoms with van der Waals surface area (Å²) in [5.41, 5.74) is 0.0839. The molecule has 0 heterocycles. The molecule has 4 heteroatoms. The van der Waals surface area contributed by atoms with Gasteiger partial charge in [0.05, 0.1) is 7.11 Å². The fourth-order valence-electron chi connectivity index (χ4n) is 1.57. The van der Waals surface area contributed by atoms with Crippen molar-refractivity contribution in [3.63, 3.8) is 0 Å². The van der Waals surface area contributed by atoms with E-state index in [4.69, 9.17) is 0 Å². The summed E-state index contributed by atoms with van der Waals surface area (Å²) in [5.74, 6) is -0.757. The zero-order valence-electron chi connectivity index (χ0n) is 10.6.